The number of nitrogens with one attached hydrogen (secondary N) is 1. The molecule has 1 aromatic rings. The Bertz CT molecular complexity index is 522. The van der Waals surface area contributed by atoms with Crippen molar-refractivity contribution in [3.63, 3.8) is 0 Å². The molecule has 0 fully saturated rings. The van der Waals surface area contributed by atoms with Crippen molar-refractivity contribution >= 4 is 17.5 Å². The largest absolute Gasteiger partial charge is 0.460 e. The second-order valence-electron chi connectivity index (χ2n) is 4.76. The number of nitro groups is 1. The smallest absolute Gasteiger partial charge is 0.330 e. The van der Waals surface area contributed by atoms with Crippen molar-refractivity contribution in [1.29, 1.82) is 0 Å². The molecule has 0 radical (unpaired) electrons. The first kappa shape index (κ1) is 16.6. The Morgan fingerprint density at radius 2 is 2.24 bits per heavy atom. The second-order valence-corrected chi connectivity index (χ2v) is 4.76. The normalized spacial score (nSPS) is 11.4. The van der Waals surface area contributed by atoms with E-state index in [1.165, 1.54) is 24.4 Å². The van der Waals surface area contributed by atoms with Crippen LogP contribution in [0.25, 0.3) is 0 Å². The highest BCUT2D eigenvalue weighted by Gasteiger charge is 2.11. The minimum Gasteiger partial charge on any atom is -0.460 e. The molecule has 0 spiro atoms. The molecular formula is C14H19N3O4. The lowest BCUT2D eigenvalue weighted by Crippen LogP contribution is -2.26. The molecule has 1 atom stereocenters. The maximum atomic E-state index is 11.4. The molecule has 0 aliphatic heterocycles. The molecular weight excluding hydrogens is 274 g/mol. The lowest BCUT2D eigenvalue weighted by atomic mass is 10.2. The quantitative estimate of drug-likeness (QED) is 0.359. The average molecular weight is 293 g/mol. The van der Waals surface area contributed by atoms with Crippen LogP contribution >= 0.6 is 0 Å². The molecule has 7 nitrogen and oxygen atoms in total. The van der Waals surface area contributed by atoms with E-state index in [1.54, 1.807) is 0 Å². The lowest BCUT2D eigenvalue weighted by molar-refractivity contribution is -0.385. The number of rotatable bonds is 7. The third-order valence-corrected chi connectivity index (χ3v) is 2.64. The SMILES string of the molecule is CCC(COC(=O)C=C(C)C)Nc1ccc([N+](=O)[O-])cn1. The number of nitrogens with zero attached hydrogens (tertiary/aromatic N) is 2. The van der Waals surface area contributed by atoms with Gasteiger partial charge in [-0.05, 0) is 26.3 Å². The van der Waals surface area contributed by atoms with E-state index in [9.17, 15) is 14.9 Å². The van der Waals surface area contributed by atoms with Gasteiger partial charge in [0, 0.05) is 12.1 Å². The van der Waals surface area contributed by atoms with Gasteiger partial charge in [-0.2, -0.15) is 0 Å². The van der Waals surface area contributed by atoms with Gasteiger partial charge in [0.25, 0.3) is 5.69 Å². The van der Waals surface area contributed by atoms with Gasteiger partial charge in [0.05, 0.1) is 11.0 Å². The number of ether oxygens (including phenoxy) is 1. The third-order valence-electron chi connectivity index (χ3n) is 2.64. The van der Waals surface area contributed by atoms with Crippen molar-refractivity contribution in [3.8, 4) is 0 Å². The maximum absolute atomic E-state index is 11.4. The number of aromatic nitrogens is 1. The summed E-state index contributed by atoms with van der Waals surface area (Å²) >= 11 is 0. The van der Waals surface area contributed by atoms with Gasteiger partial charge in [0.15, 0.2) is 0 Å². The van der Waals surface area contributed by atoms with Crippen molar-refractivity contribution in [3.05, 3.63) is 40.1 Å². The van der Waals surface area contributed by atoms with Crippen molar-refractivity contribution in [2.45, 2.75) is 33.2 Å². The Morgan fingerprint density at radius 1 is 1.52 bits per heavy atom. The molecule has 1 heterocycles. The van der Waals surface area contributed by atoms with E-state index in [1.807, 2.05) is 20.8 Å². The zero-order valence-corrected chi connectivity index (χ0v) is 12.3. The first-order valence-electron chi connectivity index (χ1n) is 6.61. The standard InChI is InChI=1S/C14H19N3O4/c1-4-11(9-21-14(18)7-10(2)3)16-13-6-5-12(8-15-13)17(19)20/h5-8,11H,4,9H2,1-3H3,(H,15,16). The number of pyridine rings is 1. The summed E-state index contributed by atoms with van der Waals surface area (Å²) in [6, 6.07) is 2.80. The molecule has 0 bridgehead atoms. The summed E-state index contributed by atoms with van der Waals surface area (Å²) in [6.07, 6.45) is 3.34. The van der Waals surface area contributed by atoms with Crippen LogP contribution < -0.4 is 5.32 Å². The lowest BCUT2D eigenvalue weighted by Gasteiger charge is -2.17. The first-order valence-corrected chi connectivity index (χ1v) is 6.61. The van der Waals surface area contributed by atoms with E-state index in [4.69, 9.17) is 4.74 Å². The van der Waals surface area contributed by atoms with Gasteiger partial charge in [-0.25, -0.2) is 9.78 Å². The van der Waals surface area contributed by atoms with E-state index in [0.717, 1.165) is 12.0 Å². The van der Waals surface area contributed by atoms with E-state index in [-0.39, 0.29) is 24.3 Å². The van der Waals surface area contributed by atoms with Crippen LogP contribution in [-0.2, 0) is 9.53 Å². The molecule has 1 rings (SSSR count). The highest BCUT2D eigenvalue weighted by molar-refractivity contribution is 5.82. The van der Waals surface area contributed by atoms with Crippen LogP contribution in [0.4, 0.5) is 11.5 Å². The fraction of sp³-hybridized carbons (Fsp3) is 0.429. The minimum absolute atomic E-state index is 0.0661. The van der Waals surface area contributed by atoms with Gasteiger partial charge in [-0.3, -0.25) is 10.1 Å². The van der Waals surface area contributed by atoms with E-state index in [0.29, 0.717) is 5.82 Å². The summed E-state index contributed by atoms with van der Waals surface area (Å²) in [5, 5.41) is 13.6. The Morgan fingerprint density at radius 3 is 2.71 bits per heavy atom. The van der Waals surface area contributed by atoms with Crippen LogP contribution in [0.1, 0.15) is 27.2 Å². The molecule has 21 heavy (non-hydrogen) atoms. The molecule has 1 unspecified atom stereocenters. The number of hydrogen-bond acceptors (Lipinski definition) is 6. The molecule has 1 aromatic heterocycles. The molecule has 0 saturated carbocycles. The predicted octanol–water partition coefficient (Wildman–Crippen LogP) is 2.69. The number of allylic oxidation sites excluding steroid dienone is 1. The second kappa shape index (κ2) is 7.98. The summed E-state index contributed by atoms with van der Waals surface area (Å²) in [5.41, 5.74) is 0.807. The Balaban J connectivity index is 2.55. The molecule has 0 aromatic carbocycles. The van der Waals surface area contributed by atoms with Crippen molar-refractivity contribution in [2.24, 2.45) is 0 Å². The number of anilines is 1. The van der Waals surface area contributed by atoms with Crippen molar-refractivity contribution < 1.29 is 14.5 Å². The van der Waals surface area contributed by atoms with Gasteiger partial charge in [0.2, 0.25) is 0 Å². The van der Waals surface area contributed by atoms with Crippen LogP contribution in [0.15, 0.2) is 30.0 Å². The van der Waals surface area contributed by atoms with Gasteiger partial charge in [-0.15, -0.1) is 0 Å². The zero-order valence-electron chi connectivity index (χ0n) is 12.3. The minimum atomic E-state index is -0.505. The molecule has 7 heteroatoms. The highest BCUT2D eigenvalue weighted by atomic mass is 16.6. The van der Waals surface area contributed by atoms with Crippen molar-refractivity contribution in [2.75, 3.05) is 11.9 Å². The van der Waals surface area contributed by atoms with E-state index in [2.05, 4.69) is 10.3 Å². The van der Waals surface area contributed by atoms with Gasteiger partial charge in [-0.1, -0.05) is 12.5 Å². The monoisotopic (exact) mass is 293 g/mol. The fourth-order valence-corrected chi connectivity index (χ4v) is 1.51. The van der Waals surface area contributed by atoms with E-state index < -0.39 is 4.92 Å². The molecule has 0 aliphatic carbocycles. The number of carbonyl (C=O) groups excluding carboxylic acids is 1. The first-order chi connectivity index (χ1) is 9.92. The maximum Gasteiger partial charge on any atom is 0.330 e. The Labute approximate surface area is 123 Å². The zero-order chi connectivity index (χ0) is 15.8. The Kier molecular flexibility index (Phi) is 6.32. The summed E-state index contributed by atoms with van der Waals surface area (Å²) in [7, 11) is 0. The van der Waals surface area contributed by atoms with Crippen LogP contribution in [0.5, 0.6) is 0 Å². The number of esters is 1. The van der Waals surface area contributed by atoms with Gasteiger partial charge in [0.1, 0.15) is 18.6 Å². The van der Waals surface area contributed by atoms with Crippen LogP contribution in [0.2, 0.25) is 0 Å². The Hall–Kier alpha value is -2.44. The summed E-state index contributed by atoms with van der Waals surface area (Å²) in [5.74, 6) is 0.123. The van der Waals surface area contributed by atoms with Gasteiger partial charge >= 0.3 is 5.97 Å². The van der Waals surface area contributed by atoms with Crippen LogP contribution in [0.3, 0.4) is 0 Å². The number of carbonyl (C=O) groups is 1. The molecule has 114 valence electrons. The van der Waals surface area contributed by atoms with Gasteiger partial charge < -0.3 is 10.1 Å². The average Bonchev–Trinajstić information content (AvgIpc) is 2.43. The third kappa shape index (κ3) is 6.03. The molecule has 0 amide bonds. The predicted molar refractivity (Wildman–Crippen MR) is 79.0 cm³/mol. The summed E-state index contributed by atoms with van der Waals surface area (Å²) in [6.45, 7) is 5.78. The van der Waals surface area contributed by atoms with Crippen LogP contribution in [0, 0.1) is 10.1 Å². The fourth-order valence-electron chi connectivity index (χ4n) is 1.51. The summed E-state index contributed by atoms with van der Waals surface area (Å²) in [4.78, 5) is 25.4. The molecule has 0 aliphatic rings. The van der Waals surface area contributed by atoms with Crippen LogP contribution in [-0.4, -0.2) is 28.5 Å². The van der Waals surface area contributed by atoms with E-state index >= 15 is 0 Å². The van der Waals surface area contributed by atoms with Crippen molar-refractivity contribution in [1.82, 2.24) is 4.98 Å². The molecule has 1 N–H and O–H groups in total. The number of hydrogen-bond donors (Lipinski definition) is 1. The topological polar surface area (TPSA) is 94.4 Å². The molecule has 0 saturated heterocycles. The highest BCUT2D eigenvalue weighted by Crippen LogP contribution is 2.13. The summed E-state index contributed by atoms with van der Waals surface area (Å²) < 4.78 is 5.13.